The van der Waals surface area contributed by atoms with Crippen molar-refractivity contribution in [2.75, 3.05) is 36.6 Å². The Labute approximate surface area is 224 Å². The Morgan fingerprint density at radius 1 is 0.861 bits per heavy atom. The Kier molecular flexibility index (Phi) is 15.3. The standard InChI is InChI=1S/C28H42N2O4Si.ClH/c1-6-20-32-35(33-21-7-2,34-22-8-3)23-12-19-30(26-13-10-9-11-14-26)27-17-15-25(16-18-27)29-28(31)24(4)5;/h9-11,13-18H,4,6-8,12,19-23H2,1-3,5H3,(H,29,31);1H. The molecule has 8 heteroatoms. The van der Waals surface area contributed by atoms with Crippen molar-refractivity contribution < 1.29 is 18.1 Å². The lowest BCUT2D eigenvalue weighted by Crippen LogP contribution is -2.47. The number of hydrogen-bond acceptors (Lipinski definition) is 5. The first-order valence-corrected chi connectivity index (χ1v) is 14.7. The predicted octanol–water partition coefficient (Wildman–Crippen LogP) is 7.37. The van der Waals surface area contributed by atoms with E-state index in [4.69, 9.17) is 13.3 Å². The van der Waals surface area contributed by atoms with E-state index in [-0.39, 0.29) is 18.3 Å². The van der Waals surface area contributed by atoms with E-state index in [0.29, 0.717) is 25.4 Å². The van der Waals surface area contributed by atoms with Gasteiger partial charge >= 0.3 is 8.80 Å². The topological polar surface area (TPSA) is 60.0 Å². The molecule has 0 aliphatic heterocycles. The predicted molar refractivity (Wildman–Crippen MR) is 154 cm³/mol. The molecule has 1 amide bonds. The fourth-order valence-corrected chi connectivity index (χ4v) is 6.37. The number of nitrogens with zero attached hydrogens (tertiary/aromatic N) is 1. The van der Waals surface area contributed by atoms with Gasteiger partial charge in [-0.3, -0.25) is 4.79 Å². The lowest BCUT2D eigenvalue weighted by molar-refractivity contribution is -0.112. The summed E-state index contributed by atoms with van der Waals surface area (Å²) in [6.45, 7) is 14.5. The van der Waals surface area contributed by atoms with Gasteiger partial charge in [0.1, 0.15) is 0 Å². The van der Waals surface area contributed by atoms with Crippen LogP contribution in [0.5, 0.6) is 0 Å². The number of rotatable bonds is 17. The van der Waals surface area contributed by atoms with Crippen LogP contribution in [0.1, 0.15) is 53.4 Å². The monoisotopic (exact) mass is 534 g/mol. The highest BCUT2D eigenvalue weighted by Gasteiger charge is 2.40. The summed E-state index contributed by atoms with van der Waals surface area (Å²) in [6.07, 6.45) is 3.67. The summed E-state index contributed by atoms with van der Waals surface area (Å²) in [4.78, 5) is 14.2. The molecule has 0 atom stereocenters. The highest BCUT2D eigenvalue weighted by atomic mass is 35.5. The first-order valence-electron chi connectivity index (χ1n) is 12.8. The summed E-state index contributed by atoms with van der Waals surface area (Å²) in [6, 6.07) is 19.0. The lowest BCUT2D eigenvalue weighted by atomic mass is 10.2. The van der Waals surface area contributed by atoms with Gasteiger partial charge in [-0.15, -0.1) is 12.4 Å². The minimum Gasteiger partial charge on any atom is -0.373 e. The molecule has 2 rings (SSSR count). The second-order valence-corrected chi connectivity index (χ2v) is 11.3. The van der Waals surface area contributed by atoms with Crippen molar-refractivity contribution in [3.63, 3.8) is 0 Å². The van der Waals surface area contributed by atoms with Crippen LogP contribution in [0.2, 0.25) is 6.04 Å². The first-order chi connectivity index (χ1) is 16.9. The van der Waals surface area contributed by atoms with Crippen molar-refractivity contribution in [3.05, 3.63) is 66.7 Å². The van der Waals surface area contributed by atoms with Crippen molar-refractivity contribution in [2.45, 2.75) is 59.4 Å². The average Bonchev–Trinajstić information content (AvgIpc) is 2.88. The van der Waals surface area contributed by atoms with Gasteiger partial charge in [0.15, 0.2) is 0 Å². The molecule has 0 radical (unpaired) electrons. The van der Waals surface area contributed by atoms with E-state index in [9.17, 15) is 4.79 Å². The molecule has 0 aromatic heterocycles. The third kappa shape index (κ3) is 10.4. The van der Waals surface area contributed by atoms with E-state index >= 15 is 0 Å². The van der Waals surface area contributed by atoms with Crippen LogP contribution in [0, 0.1) is 0 Å². The van der Waals surface area contributed by atoms with Gasteiger partial charge in [-0.1, -0.05) is 45.5 Å². The maximum Gasteiger partial charge on any atom is 0.501 e. The van der Waals surface area contributed by atoms with Gasteiger partial charge in [0.2, 0.25) is 0 Å². The van der Waals surface area contributed by atoms with Gasteiger partial charge in [0.05, 0.1) is 0 Å². The Balaban J connectivity index is 0.00000648. The molecule has 2 aromatic carbocycles. The molecule has 0 fully saturated rings. The van der Waals surface area contributed by atoms with Crippen LogP contribution < -0.4 is 10.2 Å². The largest absolute Gasteiger partial charge is 0.501 e. The molecule has 0 heterocycles. The molecule has 1 N–H and O–H groups in total. The molecule has 0 bridgehead atoms. The zero-order chi connectivity index (χ0) is 25.5. The fourth-order valence-electron chi connectivity index (χ4n) is 3.55. The Morgan fingerprint density at radius 2 is 1.36 bits per heavy atom. The van der Waals surface area contributed by atoms with Gasteiger partial charge < -0.3 is 23.5 Å². The number of carbonyl (C=O) groups is 1. The minimum absolute atomic E-state index is 0. The number of para-hydroxylation sites is 1. The SMILES string of the molecule is C=C(C)C(=O)Nc1ccc(N(CCC[Si](OCCC)(OCCC)OCCC)c2ccccc2)cc1.Cl. The molecule has 0 unspecified atom stereocenters. The molecule has 200 valence electrons. The molecule has 36 heavy (non-hydrogen) atoms. The fraction of sp³-hybridized carbons (Fsp3) is 0.464. The lowest BCUT2D eigenvalue weighted by Gasteiger charge is -2.31. The smallest absolute Gasteiger partial charge is 0.373 e. The summed E-state index contributed by atoms with van der Waals surface area (Å²) >= 11 is 0. The third-order valence-corrected chi connectivity index (χ3v) is 8.23. The second-order valence-electron chi connectivity index (χ2n) is 8.60. The van der Waals surface area contributed by atoms with Crippen LogP contribution in [-0.2, 0) is 18.1 Å². The van der Waals surface area contributed by atoms with Crippen molar-refractivity contribution >= 4 is 44.2 Å². The number of hydrogen-bond donors (Lipinski definition) is 1. The quantitative estimate of drug-likeness (QED) is 0.169. The zero-order valence-electron chi connectivity index (χ0n) is 22.3. The van der Waals surface area contributed by atoms with Crippen molar-refractivity contribution in [1.82, 2.24) is 0 Å². The highest BCUT2D eigenvalue weighted by Crippen LogP contribution is 2.28. The molecule has 0 saturated heterocycles. The highest BCUT2D eigenvalue weighted by molar-refractivity contribution is 6.60. The van der Waals surface area contributed by atoms with Crippen LogP contribution in [0.3, 0.4) is 0 Å². The molecule has 0 aliphatic rings. The molecule has 0 saturated carbocycles. The average molecular weight is 535 g/mol. The van der Waals surface area contributed by atoms with Crippen LogP contribution in [0.15, 0.2) is 66.7 Å². The number of nitrogens with one attached hydrogen (secondary N) is 1. The third-order valence-electron chi connectivity index (χ3n) is 5.34. The van der Waals surface area contributed by atoms with E-state index in [1.807, 2.05) is 42.5 Å². The number of carbonyl (C=O) groups excluding carboxylic acids is 1. The van der Waals surface area contributed by atoms with E-state index in [1.165, 1.54) is 0 Å². The zero-order valence-corrected chi connectivity index (χ0v) is 24.1. The molecule has 0 spiro atoms. The van der Waals surface area contributed by atoms with Crippen molar-refractivity contribution in [1.29, 1.82) is 0 Å². The Hall–Kier alpha value is -2.16. The van der Waals surface area contributed by atoms with Crippen LogP contribution in [-0.4, -0.2) is 41.1 Å². The summed E-state index contributed by atoms with van der Waals surface area (Å²) in [5.74, 6) is -0.176. The van der Waals surface area contributed by atoms with Gasteiger partial charge in [0, 0.05) is 55.0 Å². The molecule has 6 nitrogen and oxygen atoms in total. The van der Waals surface area contributed by atoms with Gasteiger partial charge in [-0.25, -0.2) is 0 Å². The summed E-state index contributed by atoms with van der Waals surface area (Å²) < 4.78 is 18.8. The molecule has 2 aromatic rings. The number of halogens is 1. The molecular weight excluding hydrogens is 492 g/mol. The Bertz CT molecular complexity index is 874. The summed E-state index contributed by atoms with van der Waals surface area (Å²) in [5.41, 5.74) is 3.38. The van der Waals surface area contributed by atoms with E-state index in [0.717, 1.165) is 55.3 Å². The maximum absolute atomic E-state index is 12.0. The maximum atomic E-state index is 12.0. The summed E-state index contributed by atoms with van der Waals surface area (Å²) in [5, 5.41) is 2.87. The molecule has 0 aliphatic carbocycles. The van der Waals surface area contributed by atoms with Crippen LogP contribution in [0.25, 0.3) is 0 Å². The van der Waals surface area contributed by atoms with Gasteiger partial charge in [-0.2, -0.15) is 0 Å². The van der Waals surface area contributed by atoms with Crippen molar-refractivity contribution in [2.24, 2.45) is 0 Å². The van der Waals surface area contributed by atoms with Crippen LogP contribution in [0.4, 0.5) is 17.1 Å². The number of benzene rings is 2. The first kappa shape index (κ1) is 31.9. The van der Waals surface area contributed by atoms with Gasteiger partial charge in [0.25, 0.3) is 5.91 Å². The van der Waals surface area contributed by atoms with Crippen molar-refractivity contribution in [3.8, 4) is 0 Å². The number of amides is 1. The van der Waals surface area contributed by atoms with E-state index in [2.05, 4.69) is 49.7 Å². The van der Waals surface area contributed by atoms with E-state index < -0.39 is 8.80 Å². The number of anilines is 3. The second kappa shape index (κ2) is 17.3. The Morgan fingerprint density at radius 3 is 1.83 bits per heavy atom. The van der Waals surface area contributed by atoms with Gasteiger partial charge in [-0.05, 0) is 69.0 Å². The summed E-state index contributed by atoms with van der Waals surface area (Å²) in [7, 11) is -2.75. The molecular formula is C28H43ClN2O4Si. The normalized spacial score (nSPS) is 11.0. The van der Waals surface area contributed by atoms with Crippen LogP contribution >= 0.6 is 12.4 Å². The van der Waals surface area contributed by atoms with E-state index in [1.54, 1.807) is 6.92 Å². The minimum atomic E-state index is -2.75.